The molecule has 1 rings (SSSR count). The van der Waals surface area contributed by atoms with Crippen molar-refractivity contribution in [2.24, 2.45) is 0 Å². The van der Waals surface area contributed by atoms with Crippen molar-refractivity contribution in [3.05, 3.63) is 35.4 Å². The van der Waals surface area contributed by atoms with Crippen molar-refractivity contribution < 1.29 is 9.90 Å². The van der Waals surface area contributed by atoms with Crippen molar-refractivity contribution in [3.63, 3.8) is 0 Å². The van der Waals surface area contributed by atoms with Crippen LogP contribution in [0.25, 0.3) is 0 Å². The summed E-state index contributed by atoms with van der Waals surface area (Å²) >= 11 is 0. The SMILES string of the molecule is Cc1ccc(C(=O)C(C)N(CCCO)C(C)C)cc1. The fraction of sp³-hybridized carbons (Fsp3) is 0.562. The summed E-state index contributed by atoms with van der Waals surface area (Å²) < 4.78 is 0. The molecule has 0 radical (unpaired) electrons. The van der Waals surface area contributed by atoms with E-state index in [9.17, 15) is 4.79 Å². The van der Waals surface area contributed by atoms with Crippen LogP contribution < -0.4 is 0 Å². The van der Waals surface area contributed by atoms with Gasteiger partial charge in [-0.05, 0) is 34.1 Å². The van der Waals surface area contributed by atoms with Crippen LogP contribution in [0.3, 0.4) is 0 Å². The molecular formula is C16H25NO2. The highest BCUT2D eigenvalue weighted by Gasteiger charge is 2.23. The molecule has 1 unspecified atom stereocenters. The lowest BCUT2D eigenvalue weighted by molar-refractivity contribution is 0.0772. The molecule has 3 heteroatoms. The largest absolute Gasteiger partial charge is 0.396 e. The van der Waals surface area contributed by atoms with E-state index in [2.05, 4.69) is 18.7 Å². The molecule has 1 aromatic carbocycles. The number of aliphatic hydroxyl groups is 1. The molecule has 0 aromatic heterocycles. The first-order valence-corrected chi connectivity index (χ1v) is 6.95. The van der Waals surface area contributed by atoms with Gasteiger partial charge in [-0.3, -0.25) is 9.69 Å². The van der Waals surface area contributed by atoms with Gasteiger partial charge in [-0.15, -0.1) is 0 Å². The van der Waals surface area contributed by atoms with Crippen LogP contribution >= 0.6 is 0 Å². The lowest BCUT2D eigenvalue weighted by atomic mass is 10.0. The molecule has 0 aliphatic heterocycles. The topological polar surface area (TPSA) is 40.5 Å². The van der Waals surface area contributed by atoms with Gasteiger partial charge in [0.1, 0.15) is 0 Å². The van der Waals surface area contributed by atoms with Gasteiger partial charge in [0, 0.05) is 24.8 Å². The maximum absolute atomic E-state index is 12.5. The molecule has 0 saturated carbocycles. The normalized spacial score (nSPS) is 13.0. The zero-order valence-electron chi connectivity index (χ0n) is 12.4. The zero-order valence-corrected chi connectivity index (χ0v) is 12.4. The molecule has 0 bridgehead atoms. The molecule has 1 atom stereocenters. The fourth-order valence-corrected chi connectivity index (χ4v) is 2.26. The Morgan fingerprint density at radius 2 is 1.79 bits per heavy atom. The first kappa shape index (κ1) is 15.9. The van der Waals surface area contributed by atoms with Crippen LogP contribution in [0.1, 0.15) is 43.1 Å². The van der Waals surface area contributed by atoms with Gasteiger partial charge in [0.2, 0.25) is 0 Å². The summed E-state index contributed by atoms with van der Waals surface area (Å²) in [5.41, 5.74) is 1.91. The predicted octanol–water partition coefficient (Wildman–Crippen LogP) is 2.66. The Kier molecular flexibility index (Phi) is 6.19. The van der Waals surface area contributed by atoms with Gasteiger partial charge in [0.15, 0.2) is 5.78 Å². The van der Waals surface area contributed by atoms with Crippen molar-refractivity contribution in [1.82, 2.24) is 4.90 Å². The summed E-state index contributed by atoms with van der Waals surface area (Å²) in [7, 11) is 0. The van der Waals surface area contributed by atoms with E-state index in [1.165, 1.54) is 0 Å². The van der Waals surface area contributed by atoms with Crippen molar-refractivity contribution in [2.45, 2.75) is 46.2 Å². The summed E-state index contributed by atoms with van der Waals surface area (Å²) in [5, 5.41) is 8.95. The third-order valence-electron chi connectivity index (χ3n) is 3.45. The molecule has 0 aliphatic carbocycles. The number of hydrogen-bond donors (Lipinski definition) is 1. The number of aryl methyl sites for hydroxylation is 1. The second-order valence-electron chi connectivity index (χ2n) is 5.31. The van der Waals surface area contributed by atoms with Gasteiger partial charge >= 0.3 is 0 Å². The Morgan fingerprint density at radius 1 is 1.21 bits per heavy atom. The average Bonchev–Trinajstić information content (AvgIpc) is 2.38. The lowest BCUT2D eigenvalue weighted by Crippen LogP contribution is -2.44. The Balaban J connectivity index is 2.80. The van der Waals surface area contributed by atoms with Crippen LogP contribution in [0.15, 0.2) is 24.3 Å². The summed E-state index contributed by atoms with van der Waals surface area (Å²) in [5.74, 6) is 0.145. The van der Waals surface area contributed by atoms with Crippen LogP contribution in [0.4, 0.5) is 0 Å². The number of ketones is 1. The van der Waals surface area contributed by atoms with Crippen LogP contribution in [-0.2, 0) is 0 Å². The second kappa shape index (κ2) is 7.41. The maximum atomic E-state index is 12.5. The highest BCUT2D eigenvalue weighted by atomic mass is 16.3. The quantitative estimate of drug-likeness (QED) is 0.769. The van der Waals surface area contributed by atoms with Gasteiger partial charge in [-0.1, -0.05) is 29.8 Å². The Bertz CT molecular complexity index is 398. The fourth-order valence-electron chi connectivity index (χ4n) is 2.26. The van der Waals surface area contributed by atoms with E-state index in [0.717, 1.165) is 17.7 Å². The molecule has 1 N–H and O–H groups in total. The molecule has 0 amide bonds. The average molecular weight is 263 g/mol. The Hall–Kier alpha value is -1.19. The number of rotatable bonds is 7. The molecule has 106 valence electrons. The molecular weight excluding hydrogens is 238 g/mol. The zero-order chi connectivity index (χ0) is 14.4. The van der Waals surface area contributed by atoms with E-state index in [1.807, 2.05) is 38.1 Å². The van der Waals surface area contributed by atoms with E-state index in [1.54, 1.807) is 0 Å². The first-order valence-electron chi connectivity index (χ1n) is 6.95. The highest BCUT2D eigenvalue weighted by Crippen LogP contribution is 2.13. The van der Waals surface area contributed by atoms with Crippen LogP contribution in [-0.4, -0.2) is 41.0 Å². The molecule has 1 aromatic rings. The van der Waals surface area contributed by atoms with E-state index in [4.69, 9.17) is 5.11 Å². The van der Waals surface area contributed by atoms with Crippen molar-refractivity contribution in [3.8, 4) is 0 Å². The van der Waals surface area contributed by atoms with Gasteiger partial charge in [-0.25, -0.2) is 0 Å². The maximum Gasteiger partial charge on any atom is 0.179 e. The minimum atomic E-state index is -0.158. The smallest absolute Gasteiger partial charge is 0.179 e. The molecule has 0 fully saturated rings. The van der Waals surface area contributed by atoms with Crippen molar-refractivity contribution >= 4 is 5.78 Å². The summed E-state index contributed by atoms with van der Waals surface area (Å²) in [6, 6.07) is 7.84. The highest BCUT2D eigenvalue weighted by molar-refractivity contribution is 5.99. The summed E-state index contributed by atoms with van der Waals surface area (Å²) in [4.78, 5) is 14.6. The molecule has 0 heterocycles. The number of benzene rings is 1. The van der Waals surface area contributed by atoms with Crippen molar-refractivity contribution in [1.29, 1.82) is 0 Å². The molecule has 0 aliphatic rings. The van der Waals surface area contributed by atoms with E-state index in [0.29, 0.717) is 6.42 Å². The van der Waals surface area contributed by atoms with Crippen molar-refractivity contribution in [2.75, 3.05) is 13.2 Å². The number of hydrogen-bond acceptors (Lipinski definition) is 3. The number of aliphatic hydroxyl groups excluding tert-OH is 1. The molecule has 19 heavy (non-hydrogen) atoms. The number of carbonyl (C=O) groups is 1. The second-order valence-corrected chi connectivity index (χ2v) is 5.31. The van der Waals surface area contributed by atoms with Gasteiger partial charge in [0.05, 0.1) is 6.04 Å². The number of Topliss-reactive ketones (excluding diaryl/α,β-unsaturated/α-hetero) is 1. The lowest BCUT2D eigenvalue weighted by Gasteiger charge is -2.31. The number of carbonyl (C=O) groups excluding carboxylic acids is 1. The first-order chi connectivity index (χ1) is 8.97. The molecule has 3 nitrogen and oxygen atoms in total. The van der Waals surface area contributed by atoms with E-state index >= 15 is 0 Å². The summed E-state index contributed by atoms with van der Waals surface area (Å²) in [6.45, 7) is 9.02. The molecule has 0 saturated heterocycles. The standard InChI is InChI=1S/C16H25NO2/c1-12(2)17(10-5-11-18)14(4)16(19)15-8-6-13(3)7-9-15/h6-9,12,14,18H,5,10-11H2,1-4H3. The van der Waals surface area contributed by atoms with Gasteiger partial charge in [-0.2, -0.15) is 0 Å². The van der Waals surface area contributed by atoms with Crippen LogP contribution in [0.2, 0.25) is 0 Å². The van der Waals surface area contributed by atoms with Crippen LogP contribution in [0.5, 0.6) is 0 Å². The number of nitrogens with zero attached hydrogens (tertiary/aromatic N) is 1. The molecule has 0 spiro atoms. The monoisotopic (exact) mass is 263 g/mol. The third kappa shape index (κ3) is 4.44. The van der Waals surface area contributed by atoms with Gasteiger partial charge in [0.25, 0.3) is 0 Å². The van der Waals surface area contributed by atoms with E-state index < -0.39 is 0 Å². The summed E-state index contributed by atoms with van der Waals surface area (Å²) in [6.07, 6.45) is 0.698. The predicted molar refractivity (Wildman–Crippen MR) is 78.5 cm³/mol. The van der Waals surface area contributed by atoms with Gasteiger partial charge < -0.3 is 5.11 Å². The van der Waals surface area contributed by atoms with E-state index in [-0.39, 0.29) is 24.5 Å². The Morgan fingerprint density at radius 3 is 2.26 bits per heavy atom. The Labute approximate surface area is 116 Å². The van der Waals surface area contributed by atoms with Crippen LogP contribution in [0, 0.1) is 6.92 Å². The minimum Gasteiger partial charge on any atom is -0.396 e. The third-order valence-corrected chi connectivity index (χ3v) is 3.45. The minimum absolute atomic E-state index is 0.145.